The van der Waals surface area contributed by atoms with Crippen LogP contribution in [0.25, 0.3) is 0 Å². The molecule has 0 aliphatic heterocycles. The highest BCUT2D eigenvalue weighted by molar-refractivity contribution is 5.69. The maximum atomic E-state index is 12.2. The fourth-order valence-corrected chi connectivity index (χ4v) is 4.22. The number of phenolic OH excluding ortho intramolecular Hbond substituents is 1. The summed E-state index contributed by atoms with van der Waals surface area (Å²) in [6.07, 6.45) is 16.8. The minimum atomic E-state index is -0.113. The molecule has 0 unspecified atom stereocenters. The average Bonchev–Trinajstić information content (AvgIpc) is 2.75. The first-order valence-electron chi connectivity index (χ1n) is 13.4. The molecule has 1 aromatic rings. The van der Waals surface area contributed by atoms with Gasteiger partial charge in [-0.15, -0.1) is 0 Å². The summed E-state index contributed by atoms with van der Waals surface area (Å²) in [5.74, 6) is 0.807. The zero-order valence-electron chi connectivity index (χ0n) is 21.7. The highest BCUT2D eigenvalue weighted by atomic mass is 16.5. The van der Waals surface area contributed by atoms with Crippen LogP contribution in [0.5, 0.6) is 5.75 Å². The number of phenols is 1. The van der Waals surface area contributed by atoms with Gasteiger partial charge in [-0.1, -0.05) is 117 Å². The highest BCUT2D eigenvalue weighted by Crippen LogP contribution is 2.35. The molecule has 0 radical (unpaired) electrons. The van der Waals surface area contributed by atoms with Crippen molar-refractivity contribution >= 4 is 5.97 Å². The van der Waals surface area contributed by atoms with E-state index in [4.69, 9.17) is 4.74 Å². The van der Waals surface area contributed by atoms with Gasteiger partial charge in [-0.3, -0.25) is 4.79 Å². The van der Waals surface area contributed by atoms with Gasteiger partial charge in [0.15, 0.2) is 0 Å². The third kappa shape index (κ3) is 11.9. The first-order chi connectivity index (χ1) is 15.4. The Morgan fingerprint density at radius 1 is 0.781 bits per heavy atom. The minimum Gasteiger partial charge on any atom is -0.507 e. The second kappa shape index (κ2) is 17.0. The molecule has 0 aliphatic carbocycles. The molecule has 0 atom stereocenters. The molecule has 0 aliphatic rings. The molecule has 0 heterocycles. The van der Waals surface area contributed by atoms with Crippen LogP contribution in [-0.4, -0.2) is 17.7 Å². The quantitative estimate of drug-likeness (QED) is 0.181. The van der Waals surface area contributed by atoms with Crippen LogP contribution in [0.15, 0.2) is 12.1 Å². The molecule has 1 N–H and O–H groups in total. The van der Waals surface area contributed by atoms with Crippen molar-refractivity contribution in [1.82, 2.24) is 0 Å². The van der Waals surface area contributed by atoms with Gasteiger partial charge in [0.2, 0.25) is 0 Å². The molecule has 3 nitrogen and oxygen atoms in total. The van der Waals surface area contributed by atoms with Gasteiger partial charge in [0.25, 0.3) is 0 Å². The molecule has 0 saturated carbocycles. The van der Waals surface area contributed by atoms with Crippen LogP contribution >= 0.6 is 0 Å². The summed E-state index contributed by atoms with van der Waals surface area (Å²) < 4.78 is 5.45. The first-order valence-corrected chi connectivity index (χ1v) is 13.4. The smallest absolute Gasteiger partial charge is 0.306 e. The van der Waals surface area contributed by atoms with Gasteiger partial charge < -0.3 is 9.84 Å². The zero-order chi connectivity index (χ0) is 23.8. The molecule has 1 rings (SSSR count). The molecule has 32 heavy (non-hydrogen) atoms. The molecular weight excluding hydrogens is 396 g/mol. The minimum absolute atomic E-state index is 0.113. The molecule has 0 fully saturated rings. The fourth-order valence-electron chi connectivity index (χ4n) is 4.22. The molecule has 0 amide bonds. The Morgan fingerprint density at radius 3 is 1.66 bits per heavy atom. The van der Waals surface area contributed by atoms with Crippen LogP contribution in [-0.2, 0) is 16.0 Å². The Balaban J connectivity index is 2.16. The number of carbonyl (C=O) groups excluding carboxylic acids is 1. The summed E-state index contributed by atoms with van der Waals surface area (Å²) in [5.41, 5.74) is 3.05. The number of rotatable bonds is 18. The molecule has 1 aromatic carbocycles. The van der Waals surface area contributed by atoms with Crippen LogP contribution < -0.4 is 0 Å². The summed E-state index contributed by atoms with van der Waals surface area (Å²) in [7, 11) is 0. The van der Waals surface area contributed by atoms with E-state index in [1.807, 2.05) is 12.1 Å². The van der Waals surface area contributed by atoms with E-state index in [-0.39, 0.29) is 17.8 Å². The standard InChI is InChI=1S/C29H50O3/c1-6-7-8-9-10-11-12-13-14-15-16-17-20-32-28(30)19-18-25-21-26(23(2)3)29(31)27(22-25)24(4)5/h21-24,31H,6-20H2,1-5H3. The predicted octanol–water partition coefficient (Wildman–Crippen LogP) is 8.82. The summed E-state index contributed by atoms with van der Waals surface area (Å²) in [6.45, 7) is 11.2. The van der Waals surface area contributed by atoms with Crippen molar-refractivity contribution in [1.29, 1.82) is 0 Å². The maximum absolute atomic E-state index is 12.2. The van der Waals surface area contributed by atoms with Crippen molar-refractivity contribution in [3.05, 3.63) is 28.8 Å². The molecular formula is C29H50O3. The third-order valence-corrected chi connectivity index (χ3v) is 6.35. The summed E-state index contributed by atoms with van der Waals surface area (Å²) in [4.78, 5) is 12.2. The van der Waals surface area contributed by atoms with Gasteiger partial charge >= 0.3 is 5.97 Å². The van der Waals surface area contributed by atoms with Gasteiger partial charge in [0.1, 0.15) is 5.75 Å². The van der Waals surface area contributed by atoms with Gasteiger partial charge in [-0.05, 0) is 41.4 Å². The molecule has 0 saturated heterocycles. The van der Waals surface area contributed by atoms with Crippen molar-refractivity contribution in [2.75, 3.05) is 6.61 Å². The van der Waals surface area contributed by atoms with Gasteiger partial charge in [-0.25, -0.2) is 0 Å². The Labute approximate surface area is 198 Å². The van der Waals surface area contributed by atoms with Crippen LogP contribution in [0.4, 0.5) is 0 Å². The summed E-state index contributed by atoms with van der Waals surface area (Å²) in [5, 5.41) is 10.5. The normalized spacial score (nSPS) is 11.5. The first kappa shape index (κ1) is 28.5. The Kier molecular flexibility index (Phi) is 15.2. The van der Waals surface area contributed by atoms with E-state index in [1.54, 1.807) is 0 Å². The molecule has 0 aromatic heterocycles. The Morgan fingerprint density at radius 2 is 1.22 bits per heavy atom. The van der Waals surface area contributed by atoms with Crippen LogP contribution in [0, 0.1) is 0 Å². The number of aromatic hydroxyl groups is 1. The van der Waals surface area contributed by atoms with Crippen LogP contribution in [0.1, 0.15) is 147 Å². The van der Waals surface area contributed by atoms with Crippen LogP contribution in [0.3, 0.4) is 0 Å². The van der Waals surface area contributed by atoms with E-state index >= 15 is 0 Å². The van der Waals surface area contributed by atoms with E-state index in [0.29, 0.717) is 25.2 Å². The van der Waals surface area contributed by atoms with E-state index in [0.717, 1.165) is 29.5 Å². The number of aryl methyl sites for hydroxylation is 1. The van der Waals surface area contributed by atoms with Crippen molar-refractivity contribution in [3.8, 4) is 5.75 Å². The molecule has 0 spiro atoms. The number of hydrogen-bond acceptors (Lipinski definition) is 3. The Bertz CT molecular complexity index is 604. The van der Waals surface area contributed by atoms with E-state index in [1.165, 1.54) is 64.2 Å². The highest BCUT2D eigenvalue weighted by Gasteiger charge is 2.15. The number of esters is 1. The number of unbranched alkanes of at least 4 members (excludes halogenated alkanes) is 11. The topological polar surface area (TPSA) is 46.5 Å². The zero-order valence-corrected chi connectivity index (χ0v) is 21.7. The van der Waals surface area contributed by atoms with E-state index < -0.39 is 0 Å². The van der Waals surface area contributed by atoms with Crippen molar-refractivity contribution in [3.63, 3.8) is 0 Å². The predicted molar refractivity (Wildman–Crippen MR) is 137 cm³/mol. The fraction of sp³-hybridized carbons (Fsp3) is 0.759. The lowest BCUT2D eigenvalue weighted by Gasteiger charge is -2.17. The summed E-state index contributed by atoms with van der Waals surface area (Å²) in [6, 6.07) is 4.09. The number of ether oxygens (including phenoxy) is 1. The Hall–Kier alpha value is -1.51. The lowest BCUT2D eigenvalue weighted by atomic mass is 9.90. The van der Waals surface area contributed by atoms with E-state index in [2.05, 4.69) is 34.6 Å². The molecule has 3 heteroatoms. The van der Waals surface area contributed by atoms with Crippen molar-refractivity contribution in [2.24, 2.45) is 0 Å². The van der Waals surface area contributed by atoms with Crippen LogP contribution in [0.2, 0.25) is 0 Å². The number of benzene rings is 1. The van der Waals surface area contributed by atoms with Gasteiger partial charge in [0, 0.05) is 6.42 Å². The van der Waals surface area contributed by atoms with E-state index in [9.17, 15) is 9.90 Å². The van der Waals surface area contributed by atoms with Crippen molar-refractivity contribution < 1.29 is 14.6 Å². The largest absolute Gasteiger partial charge is 0.507 e. The monoisotopic (exact) mass is 446 g/mol. The second-order valence-corrected chi connectivity index (χ2v) is 10.0. The third-order valence-electron chi connectivity index (χ3n) is 6.35. The summed E-state index contributed by atoms with van der Waals surface area (Å²) >= 11 is 0. The lowest BCUT2D eigenvalue weighted by Crippen LogP contribution is -2.08. The second-order valence-electron chi connectivity index (χ2n) is 10.0. The van der Waals surface area contributed by atoms with Gasteiger partial charge in [0.05, 0.1) is 6.61 Å². The lowest BCUT2D eigenvalue weighted by molar-refractivity contribution is -0.143. The van der Waals surface area contributed by atoms with Crippen molar-refractivity contribution in [2.45, 2.75) is 136 Å². The maximum Gasteiger partial charge on any atom is 0.306 e. The SMILES string of the molecule is CCCCCCCCCCCCCCOC(=O)CCc1cc(C(C)C)c(O)c(C(C)C)c1. The van der Waals surface area contributed by atoms with Gasteiger partial charge in [-0.2, -0.15) is 0 Å². The molecule has 0 bridgehead atoms. The number of carbonyl (C=O) groups is 1. The number of hydrogen-bond donors (Lipinski definition) is 1. The molecule has 184 valence electrons. The average molecular weight is 447 g/mol.